The van der Waals surface area contributed by atoms with E-state index in [0.29, 0.717) is 11.9 Å². The highest BCUT2D eigenvalue weighted by Gasteiger charge is 2.13. The maximum Gasteiger partial charge on any atom is 0.162 e. The number of unbranched alkanes of at least 4 members (excludes halogenated alkanes) is 1. The highest BCUT2D eigenvalue weighted by atomic mass is 15.1. The van der Waals surface area contributed by atoms with Gasteiger partial charge in [0.1, 0.15) is 5.82 Å². The van der Waals surface area contributed by atoms with Crippen molar-refractivity contribution in [2.75, 3.05) is 18.9 Å². The van der Waals surface area contributed by atoms with E-state index in [9.17, 15) is 0 Å². The van der Waals surface area contributed by atoms with Crippen molar-refractivity contribution in [1.82, 2.24) is 20.3 Å². The van der Waals surface area contributed by atoms with Crippen LogP contribution in [0.1, 0.15) is 37.4 Å². The van der Waals surface area contributed by atoms with Crippen molar-refractivity contribution in [3.8, 4) is 11.4 Å². The van der Waals surface area contributed by atoms with Crippen LogP contribution in [0.2, 0.25) is 0 Å². The van der Waals surface area contributed by atoms with Crippen LogP contribution in [0.15, 0.2) is 37.7 Å². The maximum atomic E-state index is 4.73. The largest absolute Gasteiger partial charge is 0.367 e. The zero-order chi connectivity index (χ0) is 18.1. The Morgan fingerprint density at radius 3 is 2.52 bits per heavy atom. The minimum Gasteiger partial charge on any atom is -0.367 e. The second-order valence-corrected chi connectivity index (χ2v) is 5.98. The lowest BCUT2D eigenvalue weighted by Gasteiger charge is -2.18. The predicted octanol–water partition coefficient (Wildman–Crippen LogP) is 4.01. The normalized spacial score (nSPS) is 11.8. The molecule has 5 heteroatoms. The fourth-order valence-corrected chi connectivity index (χ4v) is 2.64. The van der Waals surface area contributed by atoms with E-state index in [1.807, 2.05) is 19.2 Å². The van der Waals surface area contributed by atoms with E-state index in [0.717, 1.165) is 42.0 Å². The van der Waals surface area contributed by atoms with Gasteiger partial charge >= 0.3 is 0 Å². The number of hydrogen-bond donors (Lipinski definition) is 2. The highest BCUT2D eigenvalue weighted by Crippen LogP contribution is 2.25. The second-order valence-electron chi connectivity index (χ2n) is 5.98. The molecule has 1 atom stereocenters. The molecular formula is C20H27N5. The van der Waals surface area contributed by atoms with Gasteiger partial charge in [-0.3, -0.25) is 4.98 Å². The Bertz CT molecular complexity index is 697. The molecule has 0 radical (unpaired) electrons. The Kier molecular flexibility index (Phi) is 7.29. The summed E-state index contributed by atoms with van der Waals surface area (Å²) in [6.45, 7) is 11.0. The van der Waals surface area contributed by atoms with E-state index in [4.69, 9.17) is 4.98 Å². The predicted molar refractivity (Wildman–Crippen MR) is 106 cm³/mol. The smallest absolute Gasteiger partial charge is 0.162 e. The summed E-state index contributed by atoms with van der Waals surface area (Å²) < 4.78 is 0. The number of nitrogens with one attached hydrogen (secondary N) is 2. The molecule has 2 aromatic heterocycles. The second kappa shape index (κ2) is 9.69. The lowest BCUT2D eigenvalue weighted by Crippen LogP contribution is -2.18. The molecule has 2 N–H and O–H groups in total. The van der Waals surface area contributed by atoms with Crippen molar-refractivity contribution in [3.05, 3.63) is 48.9 Å². The first-order valence-corrected chi connectivity index (χ1v) is 8.68. The first-order valence-electron chi connectivity index (χ1n) is 8.68. The summed E-state index contributed by atoms with van der Waals surface area (Å²) in [5, 5.41) is 6.70. The van der Waals surface area contributed by atoms with E-state index >= 15 is 0 Å². The summed E-state index contributed by atoms with van der Waals surface area (Å²) in [7, 11) is 1.98. The van der Waals surface area contributed by atoms with Crippen LogP contribution in [-0.2, 0) is 0 Å². The molecule has 2 aromatic rings. The summed E-state index contributed by atoms with van der Waals surface area (Å²) in [5.41, 5.74) is 2.59. The van der Waals surface area contributed by atoms with E-state index in [1.165, 1.54) is 6.42 Å². The van der Waals surface area contributed by atoms with Crippen molar-refractivity contribution in [1.29, 1.82) is 0 Å². The van der Waals surface area contributed by atoms with Crippen LogP contribution in [0.25, 0.3) is 23.5 Å². The van der Waals surface area contributed by atoms with E-state index in [2.05, 4.69) is 40.7 Å². The van der Waals surface area contributed by atoms with E-state index in [-0.39, 0.29) is 0 Å². The zero-order valence-corrected chi connectivity index (χ0v) is 15.1. The Labute approximate surface area is 150 Å². The van der Waals surface area contributed by atoms with Crippen LogP contribution in [0.4, 0.5) is 5.82 Å². The summed E-state index contributed by atoms with van der Waals surface area (Å²) in [5.74, 6) is 1.46. The fraction of sp³-hybridized carbons (Fsp3) is 0.350. The molecule has 5 nitrogen and oxygen atoms in total. The standard InChI is InChI=1S/C20H27N5/c1-5-17-18(6-2)24-19(16-10-13-22-14-11-16)25-20(17)23-15(3)9-7-8-12-21-4/h5-6,10-11,13-15,21H,1-2,7-9,12H2,3-4H3,(H,23,24,25). The highest BCUT2D eigenvalue weighted by molar-refractivity contribution is 5.73. The number of aromatic nitrogens is 3. The Balaban J connectivity index is 2.25. The van der Waals surface area contributed by atoms with Gasteiger partial charge in [0.2, 0.25) is 0 Å². The lowest BCUT2D eigenvalue weighted by molar-refractivity contribution is 0.601. The maximum absolute atomic E-state index is 4.73. The third-order valence-electron chi connectivity index (χ3n) is 4.01. The molecule has 0 aromatic carbocycles. The average Bonchev–Trinajstić information content (AvgIpc) is 2.65. The van der Waals surface area contributed by atoms with Gasteiger partial charge < -0.3 is 10.6 Å². The number of pyridine rings is 1. The molecule has 1 unspecified atom stereocenters. The van der Waals surface area contributed by atoms with Gasteiger partial charge in [-0.25, -0.2) is 9.97 Å². The van der Waals surface area contributed by atoms with Gasteiger partial charge in [-0.1, -0.05) is 25.7 Å². The van der Waals surface area contributed by atoms with Gasteiger partial charge in [0.05, 0.1) is 5.69 Å². The van der Waals surface area contributed by atoms with Crippen molar-refractivity contribution < 1.29 is 0 Å². The molecule has 0 fully saturated rings. The Morgan fingerprint density at radius 1 is 1.12 bits per heavy atom. The number of hydrogen-bond acceptors (Lipinski definition) is 5. The number of nitrogens with zero attached hydrogens (tertiary/aromatic N) is 3. The molecule has 0 spiro atoms. The van der Waals surface area contributed by atoms with E-state index < -0.39 is 0 Å². The molecule has 132 valence electrons. The number of rotatable bonds is 10. The molecule has 25 heavy (non-hydrogen) atoms. The average molecular weight is 337 g/mol. The first kappa shape index (κ1) is 18.8. The molecule has 2 heterocycles. The minimum atomic E-state index is 0.313. The van der Waals surface area contributed by atoms with Gasteiger partial charge in [0, 0.05) is 29.6 Å². The van der Waals surface area contributed by atoms with Crippen molar-refractivity contribution in [3.63, 3.8) is 0 Å². The zero-order valence-electron chi connectivity index (χ0n) is 15.1. The minimum absolute atomic E-state index is 0.313. The van der Waals surface area contributed by atoms with Crippen LogP contribution in [-0.4, -0.2) is 34.6 Å². The summed E-state index contributed by atoms with van der Waals surface area (Å²) in [6.07, 6.45) is 10.4. The van der Waals surface area contributed by atoms with Crippen LogP contribution in [0.3, 0.4) is 0 Å². The molecular weight excluding hydrogens is 310 g/mol. The fourth-order valence-electron chi connectivity index (χ4n) is 2.64. The van der Waals surface area contributed by atoms with Crippen LogP contribution >= 0.6 is 0 Å². The van der Waals surface area contributed by atoms with Crippen LogP contribution in [0.5, 0.6) is 0 Å². The summed E-state index contributed by atoms with van der Waals surface area (Å²) in [6, 6.07) is 4.12. The third-order valence-corrected chi connectivity index (χ3v) is 4.01. The van der Waals surface area contributed by atoms with Crippen LogP contribution < -0.4 is 10.6 Å². The van der Waals surface area contributed by atoms with Gasteiger partial charge in [0.25, 0.3) is 0 Å². The quantitative estimate of drug-likeness (QED) is 0.641. The van der Waals surface area contributed by atoms with Gasteiger partial charge in [-0.15, -0.1) is 0 Å². The summed E-state index contributed by atoms with van der Waals surface area (Å²) >= 11 is 0. The lowest BCUT2D eigenvalue weighted by atomic mass is 10.1. The molecule has 0 aliphatic heterocycles. The molecule has 0 saturated carbocycles. The third kappa shape index (κ3) is 5.22. The SMILES string of the molecule is C=Cc1nc(-c2ccncc2)nc(NC(C)CCCCNC)c1C=C. The molecule has 0 saturated heterocycles. The first-order chi connectivity index (χ1) is 12.2. The molecule has 0 bridgehead atoms. The Morgan fingerprint density at radius 2 is 1.88 bits per heavy atom. The van der Waals surface area contributed by atoms with E-state index in [1.54, 1.807) is 24.5 Å². The Hall–Kier alpha value is -2.53. The van der Waals surface area contributed by atoms with Gasteiger partial charge in [-0.05, 0) is 51.6 Å². The molecule has 2 rings (SSSR count). The van der Waals surface area contributed by atoms with Gasteiger partial charge in [0.15, 0.2) is 5.82 Å². The number of anilines is 1. The van der Waals surface area contributed by atoms with Gasteiger partial charge in [-0.2, -0.15) is 0 Å². The van der Waals surface area contributed by atoms with Crippen LogP contribution in [0, 0.1) is 0 Å². The molecule has 0 aliphatic rings. The van der Waals surface area contributed by atoms with Crippen molar-refractivity contribution >= 4 is 18.0 Å². The van der Waals surface area contributed by atoms with Crippen molar-refractivity contribution in [2.24, 2.45) is 0 Å². The topological polar surface area (TPSA) is 62.7 Å². The molecule has 0 aliphatic carbocycles. The summed E-state index contributed by atoms with van der Waals surface area (Å²) in [4.78, 5) is 13.4. The molecule has 0 amide bonds. The monoisotopic (exact) mass is 337 g/mol. The van der Waals surface area contributed by atoms with Crippen molar-refractivity contribution in [2.45, 2.75) is 32.2 Å².